The number of likely N-dealkylation sites (tertiary alicyclic amines) is 1. The van der Waals surface area contributed by atoms with Crippen LogP contribution in [-0.4, -0.2) is 29.5 Å². The molecule has 3 heterocycles. The number of para-hydroxylation sites is 1. The number of rotatable bonds is 4. The molecule has 1 atom stereocenters. The SMILES string of the molecule is CCC(=O)N[C@H]1CC2(CCN(Cc3ccco3)CC2)Oc2ccccc21. The lowest BCUT2D eigenvalue weighted by Gasteiger charge is -2.47. The van der Waals surface area contributed by atoms with Gasteiger partial charge in [0.2, 0.25) is 5.91 Å². The third-order valence-electron chi connectivity index (χ3n) is 5.58. The molecule has 1 spiro atoms. The van der Waals surface area contributed by atoms with Crippen LogP contribution < -0.4 is 10.1 Å². The maximum atomic E-state index is 12.0. The fraction of sp³-hybridized carbons (Fsp3) is 0.476. The van der Waals surface area contributed by atoms with Crippen LogP contribution in [0.3, 0.4) is 0 Å². The zero-order chi connectivity index (χ0) is 18.0. The maximum Gasteiger partial charge on any atom is 0.220 e. The number of carbonyl (C=O) groups is 1. The Kier molecular flexibility index (Phi) is 4.72. The number of hydrogen-bond donors (Lipinski definition) is 1. The van der Waals surface area contributed by atoms with E-state index in [9.17, 15) is 4.79 Å². The minimum absolute atomic E-state index is 0.0315. The number of furan rings is 1. The fourth-order valence-electron chi connectivity index (χ4n) is 4.09. The Hall–Kier alpha value is -2.27. The van der Waals surface area contributed by atoms with Crippen LogP contribution in [0, 0.1) is 0 Å². The standard InChI is InChI=1S/C21H26N2O3/c1-2-20(24)22-18-14-21(26-19-8-4-3-7-17(18)19)9-11-23(12-10-21)15-16-6-5-13-25-16/h3-8,13,18H,2,9-12,14-15H2,1H3,(H,22,24)/t18-/m0/s1. The molecule has 138 valence electrons. The van der Waals surface area contributed by atoms with Crippen LogP contribution in [0.2, 0.25) is 0 Å². The van der Waals surface area contributed by atoms with E-state index in [1.165, 1.54) is 0 Å². The zero-order valence-corrected chi connectivity index (χ0v) is 15.2. The molecule has 2 aliphatic heterocycles. The predicted molar refractivity (Wildman–Crippen MR) is 98.8 cm³/mol. The number of hydrogen-bond acceptors (Lipinski definition) is 4. The molecule has 1 aromatic heterocycles. The van der Waals surface area contributed by atoms with Crippen LogP contribution in [0.1, 0.15) is 50.0 Å². The first-order chi connectivity index (χ1) is 12.7. The molecule has 26 heavy (non-hydrogen) atoms. The van der Waals surface area contributed by atoms with Gasteiger partial charge in [0.05, 0.1) is 18.8 Å². The molecule has 1 saturated heterocycles. The normalized spacial score (nSPS) is 21.8. The third kappa shape index (κ3) is 3.49. The van der Waals surface area contributed by atoms with Gasteiger partial charge in [-0.05, 0) is 31.0 Å². The largest absolute Gasteiger partial charge is 0.487 e. The Balaban J connectivity index is 1.48. The van der Waals surface area contributed by atoms with Gasteiger partial charge in [-0.3, -0.25) is 9.69 Å². The van der Waals surface area contributed by atoms with E-state index in [2.05, 4.69) is 16.3 Å². The molecular formula is C21H26N2O3. The predicted octanol–water partition coefficient (Wildman–Crippen LogP) is 3.66. The fourth-order valence-corrected chi connectivity index (χ4v) is 4.09. The lowest BCUT2D eigenvalue weighted by molar-refractivity contribution is -0.122. The first kappa shape index (κ1) is 17.2. The topological polar surface area (TPSA) is 54.7 Å². The van der Waals surface area contributed by atoms with Gasteiger partial charge in [-0.2, -0.15) is 0 Å². The third-order valence-corrected chi connectivity index (χ3v) is 5.58. The summed E-state index contributed by atoms with van der Waals surface area (Å²) in [5, 5.41) is 3.20. The molecule has 1 N–H and O–H groups in total. The second kappa shape index (κ2) is 7.16. The second-order valence-electron chi connectivity index (χ2n) is 7.36. The van der Waals surface area contributed by atoms with Crippen LogP contribution in [0.15, 0.2) is 47.1 Å². The van der Waals surface area contributed by atoms with Crippen molar-refractivity contribution in [3.05, 3.63) is 54.0 Å². The summed E-state index contributed by atoms with van der Waals surface area (Å²) < 4.78 is 12.0. The highest BCUT2D eigenvalue weighted by atomic mass is 16.5. The molecule has 4 rings (SSSR count). The summed E-state index contributed by atoms with van der Waals surface area (Å²) in [5.41, 5.74) is 0.901. The van der Waals surface area contributed by atoms with E-state index in [1.807, 2.05) is 37.3 Å². The van der Waals surface area contributed by atoms with Gasteiger partial charge in [0.1, 0.15) is 17.1 Å². The van der Waals surface area contributed by atoms with Crippen LogP contribution in [0.25, 0.3) is 0 Å². The number of nitrogens with one attached hydrogen (secondary N) is 1. The van der Waals surface area contributed by atoms with Crippen LogP contribution in [0.5, 0.6) is 5.75 Å². The zero-order valence-electron chi connectivity index (χ0n) is 15.2. The number of amides is 1. The molecule has 0 unspecified atom stereocenters. The summed E-state index contributed by atoms with van der Waals surface area (Å²) in [5.74, 6) is 2.01. The quantitative estimate of drug-likeness (QED) is 0.910. The van der Waals surface area contributed by atoms with E-state index in [1.54, 1.807) is 6.26 Å². The number of nitrogens with zero attached hydrogens (tertiary/aromatic N) is 1. The lowest BCUT2D eigenvalue weighted by Crippen LogP contribution is -2.52. The highest BCUT2D eigenvalue weighted by Crippen LogP contribution is 2.44. The Bertz CT molecular complexity index is 748. The van der Waals surface area contributed by atoms with Crippen LogP contribution in [-0.2, 0) is 11.3 Å². The molecule has 0 saturated carbocycles. The molecular weight excluding hydrogens is 328 g/mol. The number of ether oxygens (including phenoxy) is 1. The minimum Gasteiger partial charge on any atom is -0.487 e. The smallest absolute Gasteiger partial charge is 0.220 e. The van der Waals surface area contributed by atoms with Crippen molar-refractivity contribution in [3.8, 4) is 5.75 Å². The Labute approximate surface area is 154 Å². The van der Waals surface area contributed by atoms with Crippen molar-refractivity contribution in [2.75, 3.05) is 13.1 Å². The number of piperidine rings is 1. The van der Waals surface area contributed by atoms with Crippen LogP contribution in [0.4, 0.5) is 0 Å². The summed E-state index contributed by atoms with van der Waals surface area (Å²) in [7, 11) is 0. The number of carbonyl (C=O) groups excluding carboxylic acids is 1. The summed E-state index contributed by atoms with van der Waals surface area (Å²) in [6, 6.07) is 12.1. The van der Waals surface area contributed by atoms with Gasteiger partial charge in [-0.1, -0.05) is 25.1 Å². The van der Waals surface area contributed by atoms with Crippen LogP contribution >= 0.6 is 0 Å². The summed E-state index contributed by atoms with van der Waals surface area (Å²) in [6.07, 6.45) is 4.98. The van der Waals surface area contributed by atoms with Gasteiger partial charge >= 0.3 is 0 Å². The molecule has 1 fully saturated rings. The minimum atomic E-state index is -0.195. The average Bonchev–Trinajstić information content (AvgIpc) is 3.17. The Morgan fingerprint density at radius 2 is 2.04 bits per heavy atom. The van der Waals surface area contributed by atoms with Crippen molar-refractivity contribution in [2.45, 2.75) is 50.8 Å². The van der Waals surface area contributed by atoms with Gasteiger partial charge in [0, 0.05) is 31.5 Å². The molecule has 2 aromatic rings. The molecule has 0 radical (unpaired) electrons. The molecule has 5 heteroatoms. The highest BCUT2D eigenvalue weighted by Gasteiger charge is 2.43. The maximum absolute atomic E-state index is 12.0. The molecule has 1 aromatic carbocycles. The number of fused-ring (bicyclic) bond motifs is 1. The molecule has 0 bridgehead atoms. The Morgan fingerprint density at radius 3 is 2.77 bits per heavy atom. The van der Waals surface area contributed by atoms with E-state index in [4.69, 9.17) is 9.15 Å². The van der Waals surface area contributed by atoms with E-state index in [-0.39, 0.29) is 17.6 Å². The first-order valence-electron chi connectivity index (χ1n) is 9.49. The first-order valence-corrected chi connectivity index (χ1v) is 9.49. The van der Waals surface area contributed by atoms with Gasteiger partial charge < -0.3 is 14.5 Å². The summed E-state index contributed by atoms with van der Waals surface area (Å²) in [6.45, 7) is 4.67. The van der Waals surface area contributed by atoms with Gasteiger partial charge in [-0.15, -0.1) is 0 Å². The monoisotopic (exact) mass is 354 g/mol. The average molecular weight is 354 g/mol. The molecule has 1 amide bonds. The second-order valence-corrected chi connectivity index (χ2v) is 7.36. The summed E-state index contributed by atoms with van der Waals surface area (Å²) >= 11 is 0. The highest BCUT2D eigenvalue weighted by molar-refractivity contribution is 5.76. The van der Waals surface area contributed by atoms with E-state index in [0.29, 0.717) is 6.42 Å². The molecule has 2 aliphatic rings. The summed E-state index contributed by atoms with van der Waals surface area (Å²) in [4.78, 5) is 14.4. The number of benzene rings is 1. The van der Waals surface area contributed by atoms with Gasteiger partial charge in [0.25, 0.3) is 0 Å². The Morgan fingerprint density at radius 1 is 1.23 bits per heavy atom. The molecule has 5 nitrogen and oxygen atoms in total. The van der Waals surface area contributed by atoms with Crippen molar-refractivity contribution in [2.24, 2.45) is 0 Å². The van der Waals surface area contributed by atoms with Crippen molar-refractivity contribution < 1.29 is 13.9 Å². The van der Waals surface area contributed by atoms with Gasteiger partial charge in [0.15, 0.2) is 0 Å². The van der Waals surface area contributed by atoms with Crippen molar-refractivity contribution >= 4 is 5.91 Å². The van der Waals surface area contributed by atoms with Crippen molar-refractivity contribution in [3.63, 3.8) is 0 Å². The lowest BCUT2D eigenvalue weighted by atomic mass is 9.80. The van der Waals surface area contributed by atoms with Crippen molar-refractivity contribution in [1.29, 1.82) is 0 Å². The van der Waals surface area contributed by atoms with E-state index in [0.717, 1.165) is 56.0 Å². The van der Waals surface area contributed by atoms with Crippen molar-refractivity contribution in [1.82, 2.24) is 10.2 Å². The molecule has 0 aliphatic carbocycles. The van der Waals surface area contributed by atoms with E-state index < -0.39 is 0 Å². The van der Waals surface area contributed by atoms with E-state index >= 15 is 0 Å². The van der Waals surface area contributed by atoms with Gasteiger partial charge in [-0.25, -0.2) is 0 Å².